The molecule has 0 aliphatic rings. The molecule has 0 radical (unpaired) electrons. The molecule has 0 amide bonds. The molecule has 1 aromatic rings. The lowest BCUT2D eigenvalue weighted by atomic mass is 10.4. The molecule has 3 nitrogen and oxygen atoms in total. The summed E-state index contributed by atoms with van der Waals surface area (Å²) in [4.78, 5) is 3.77. The van der Waals surface area contributed by atoms with Crippen molar-refractivity contribution in [3.8, 4) is 0 Å². The standard InChI is InChI=1S/C7H10FNO2S/c1-5-6(12(2,10)11)3-4-7(8)9-5/h3-4,10-11H,1-2H3. The van der Waals surface area contributed by atoms with E-state index >= 15 is 0 Å². The highest BCUT2D eigenvalue weighted by atomic mass is 32.3. The minimum atomic E-state index is -2.78. The zero-order valence-electron chi connectivity index (χ0n) is 6.78. The summed E-state index contributed by atoms with van der Waals surface area (Å²) in [5.74, 6) is -0.611. The molecule has 0 bridgehead atoms. The fourth-order valence-corrected chi connectivity index (χ4v) is 1.86. The topological polar surface area (TPSA) is 53.4 Å². The lowest BCUT2D eigenvalue weighted by Gasteiger charge is -2.27. The zero-order valence-corrected chi connectivity index (χ0v) is 7.60. The molecule has 0 aliphatic heterocycles. The molecule has 12 heavy (non-hydrogen) atoms. The Kier molecular flexibility index (Phi) is 2.36. The number of aryl methyl sites for hydroxylation is 1. The summed E-state index contributed by atoms with van der Waals surface area (Å²) >= 11 is 0. The fourth-order valence-electron chi connectivity index (χ4n) is 0.926. The summed E-state index contributed by atoms with van der Waals surface area (Å²) in [6.45, 7) is 1.54. The van der Waals surface area contributed by atoms with Crippen LogP contribution >= 0.6 is 10.6 Å². The first-order valence-corrected chi connectivity index (χ1v) is 5.23. The van der Waals surface area contributed by atoms with E-state index in [1.54, 1.807) is 0 Å². The highest BCUT2D eigenvalue weighted by Crippen LogP contribution is 2.45. The van der Waals surface area contributed by atoms with E-state index in [4.69, 9.17) is 0 Å². The Morgan fingerprint density at radius 3 is 2.42 bits per heavy atom. The molecule has 0 aliphatic carbocycles. The van der Waals surface area contributed by atoms with Crippen molar-refractivity contribution >= 4 is 10.6 Å². The average Bonchev–Trinajstić information content (AvgIpc) is 1.83. The fraction of sp³-hybridized carbons (Fsp3) is 0.286. The molecule has 0 saturated carbocycles. The van der Waals surface area contributed by atoms with Crippen molar-refractivity contribution in [3.05, 3.63) is 23.8 Å². The Morgan fingerprint density at radius 1 is 1.42 bits per heavy atom. The molecule has 0 unspecified atom stereocenters. The summed E-state index contributed by atoms with van der Waals surface area (Å²) in [7, 11) is -2.78. The molecule has 0 atom stereocenters. The van der Waals surface area contributed by atoms with Crippen LogP contribution in [0.5, 0.6) is 0 Å². The number of aromatic nitrogens is 1. The van der Waals surface area contributed by atoms with Crippen molar-refractivity contribution in [1.82, 2.24) is 4.98 Å². The maximum Gasteiger partial charge on any atom is 0.213 e. The van der Waals surface area contributed by atoms with E-state index < -0.39 is 16.5 Å². The lowest BCUT2D eigenvalue weighted by Crippen LogP contribution is -2.00. The van der Waals surface area contributed by atoms with Gasteiger partial charge >= 0.3 is 0 Å². The van der Waals surface area contributed by atoms with Gasteiger partial charge in [0.15, 0.2) is 0 Å². The van der Waals surface area contributed by atoms with Gasteiger partial charge in [-0.25, -0.2) is 4.98 Å². The van der Waals surface area contributed by atoms with Gasteiger partial charge in [-0.2, -0.15) is 15.0 Å². The zero-order chi connectivity index (χ0) is 9.35. The van der Waals surface area contributed by atoms with Crippen molar-refractivity contribution < 1.29 is 13.5 Å². The normalized spacial score (nSPS) is 13.1. The maximum atomic E-state index is 12.5. The van der Waals surface area contributed by atoms with Crippen molar-refractivity contribution in [2.45, 2.75) is 11.8 Å². The number of nitrogens with zero attached hydrogens (tertiary/aromatic N) is 1. The quantitative estimate of drug-likeness (QED) is 0.669. The van der Waals surface area contributed by atoms with Gasteiger partial charge in [-0.15, -0.1) is 0 Å². The van der Waals surface area contributed by atoms with Gasteiger partial charge in [0.05, 0.1) is 10.6 Å². The van der Waals surface area contributed by atoms with E-state index in [1.807, 2.05) is 0 Å². The van der Waals surface area contributed by atoms with Gasteiger partial charge in [-0.3, -0.25) is 9.11 Å². The monoisotopic (exact) mass is 191 g/mol. The SMILES string of the molecule is Cc1nc(F)ccc1S(C)(O)O. The number of halogens is 1. The summed E-state index contributed by atoms with van der Waals surface area (Å²) in [6.07, 6.45) is 1.29. The molecule has 68 valence electrons. The molecule has 0 saturated heterocycles. The lowest BCUT2D eigenvalue weighted by molar-refractivity contribution is 0.492. The minimum absolute atomic E-state index is 0.295. The molecule has 2 N–H and O–H groups in total. The summed E-state index contributed by atoms with van der Waals surface area (Å²) in [6, 6.07) is 2.45. The van der Waals surface area contributed by atoms with Crippen LogP contribution in [0.2, 0.25) is 0 Å². The van der Waals surface area contributed by atoms with Crippen LogP contribution in [0.4, 0.5) is 4.39 Å². The molecule has 1 heterocycles. The Bertz CT molecular complexity index is 298. The van der Waals surface area contributed by atoms with Gasteiger partial charge in [0, 0.05) is 6.26 Å². The van der Waals surface area contributed by atoms with Gasteiger partial charge in [-0.1, -0.05) is 0 Å². The van der Waals surface area contributed by atoms with Crippen molar-refractivity contribution in [2.24, 2.45) is 0 Å². The number of rotatable bonds is 1. The molecule has 0 spiro atoms. The highest BCUT2D eigenvalue weighted by Gasteiger charge is 2.12. The van der Waals surface area contributed by atoms with Gasteiger partial charge in [0.2, 0.25) is 5.95 Å². The second-order valence-electron chi connectivity index (χ2n) is 2.55. The number of hydrogen-bond acceptors (Lipinski definition) is 3. The molecule has 5 heteroatoms. The first kappa shape index (κ1) is 9.44. The minimum Gasteiger partial charge on any atom is -0.295 e. The third-order valence-corrected chi connectivity index (χ3v) is 2.68. The first-order chi connectivity index (χ1) is 5.41. The number of pyridine rings is 1. The summed E-state index contributed by atoms with van der Waals surface area (Å²) in [5.41, 5.74) is 0.317. The predicted octanol–water partition coefficient (Wildman–Crippen LogP) is 2.27. The largest absolute Gasteiger partial charge is 0.295 e. The molecule has 1 aromatic heterocycles. The van der Waals surface area contributed by atoms with Crippen LogP contribution in [-0.4, -0.2) is 20.3 Å². The predicted molar refractivity (Wildman–Crippen MR) is 46.0 cm³/mol. The van der Waals surface area contributed by atoms with Gasteiger partial charge in [-0.05, 0) is 19.1 Å². The van der Waals surface area contributed by atoms with Crippen molar-refractivity contribution in [3.63, 3.8) is 0 Å². The average molecular weight is 191 g/mol. The van der Waals surface area contributed by atoms with Crippen LogP contribution in [0.15, 0.2) is 17.0 Å². The first-order valence-electron chi connectivity index (χ1n) is 3.27. The van der Waals surface area contributed by atoms with Crippen LogP contribution in [0.25, 0.3) is 0 Å². The smallest absolute Gasteiger partial charge is 0.213 e. The van der Waals surface area contributed by atoms with E-state index in [0.717, 1.165) is 6.07 Å². The van der Waals surface area contributed by atoms with Gasteiger partial charge < -0.3 is 0 Å². The maximum absolute atomic E-state index is 12.5. The molecule has 0 fully saturated rings. The summed E-state index contributed by atoms with van der Waals surface area (Å²) < 4.78 is 30.9. The summed E-state index contributed by atoms with van der Waals surface area (Å²) in [5, 5.41) is 0. The van der Waals surface area contributed by atoms with Crippen LogP contribution < -0.4 is 0 Å². The van der Waals surface area contributed by atoms with Crippen LogP contribution in [0, 0.1) is 12.9 Å². The van der Waals surface area contributed by atoms with Crippen molar-refractivity contribution in [1.29, 1.82) is 0 Å². The molecular formula is C7H10FNO2S. The van der Waals surface area contributed by atoms with E-state index in [2.05, 4.69) is 4.98 Å². The Hall–Kier alpha value is -0.650. The van der Waals surface area contributed by atoms with Crippen LogP contribution in [0.1, 0.15) is 5.69 Å². The van der Waals surface area contributed by atoms with Gasteiger partial charge in [0.25, 0.3) is 0 Å². The molecule has 0 aromatic carbocycles. The highest BCUT2D eigenvalue weighted by molar-refractivity contribution is 8.23. The van der Waals surface area contributed by atoms with Crippen LogP contribution in [0.3, 0.4) is 0 Å². The third kappa shape index (κ3) is 1.94. The van der Waals surface area contributed by atoms with Crippen LogP contribution in [-0.2, 0) is 0 Å². The Morgan fingerprint density at radius 2 is 2.00 bits per heavy atom. The molecule has 1 rings (SSSR count). The van der Waals surface area contributed by atoms with E-state index in [0.29, 0.717) is 10.6 Å². The second-order valence-corrected chi connectivity index (χ2v) is 4.66. The van der Waals surface area contributed by atoms with E-state index in [1.165, 1.54) is 19.2 Å². The third-order valence-electron chi connectivity index (χ3n) is 1.42. The number of hydrogen-bond donors (Lipinski definition) is 2. The van der Waals surface area contributed by atoms with Gasteiger partial charge in [0.1, 0.15) is 0 Å². The van der Waals surface area contributed by atoms with Crippen molar-refractivity contribution in [2.75, 3.05) is 6.26 Å². The van der Waals surface area contributed by atoms with E-state index in [-0.39, 0.29) is 0 Å². The van der Waals surface area contributed by atoms with E-state index in [9.17, 15) is 13.5 Å². The molecular weight excluding hydrogens is 181 g/mol. The second kappa shape index (κ2) is 3.01. The Balaban J connectivity index is 3.19. The Labute approximate surface area is 71.6 Å².